The summed E-state index contributed by atoms with van der Waals surface area (Å²) in [6.07, 6.45) is 6.76. The van der Waals surface area contributed by atoms with Gasteiger partial charge in [-0.25, -0.2) is 0 Å². The molecule has 0 aliphatic heterocycles. The number of hydrogen-bond acceptors (Lipinski definition) is 1. The third kappa shape index (κ3) is 3.53. The second-order valence-corrected chi connectivity index (χ2v) is 6.84. The molecular formula is C16H23BrClN. The molecule has 1 nitrogen and oxygen atoms in total. The van der Waals surface area contributed by atoms with Crippen LogP contribution in [0.1, 0.15) is 50.6 Å². The van der Waals surface area contributed by atoms with Gasteiger partial charge >= 0.3 is 0 Å². The summed E-state index contributed by atoms with van der Waals surface area (Å²) in [5, 5.41) is 4.33. The average molecular weight is 345 g/mol. The number of benzene rings is 1. The van der Waals surface area contributed by atoms with E-state index in [2.05, 4.69) is 41.3 Å². The Hall–Kier alpha value is -0.0500. The van der Waals surface area contributed by atoms with E-state index in [0.717, 1.165) is 21.3 Å². The van der Waals surface area contributed by atoms with Gasteiger partial charge in [0.05, 0.1) is 0 Å². The maximum atomic E-state index is 6.06. The molecule has 2 rings (SSSR count). The molecule has 0 radical (unpaired) electrons. The van der Waals surface area contributed by atoms with Crippen LogP contribution >= 0.6 is 27.5 Å². The van der Waals surface area contributed by atoms with Crippen LogP contribution in [0.5, 0.6) is 0 Å². The smallest absolute Gasteiger partial charge is 0.0417 e. The summed E-state index contributed by atoms with van der Waals surface area (Å²) in [4.78, 5) is 0. The molecule has 1 N–H and O–H groups in total. The van der Waals surface area contributed by atoms with Gasteiger partial charge in [-0.3, -0.25) is 0 Å². The van der Waals surface area contributed by atoms with E-state index in [1.54, 1.807) is 0 Å². The minimum atomic E-state index is 0.428. The van der Waals surface area contributed by atoms with Crippen molar-refractivity contribution in [1.29, 1.82) is 0 Å². The topological polar surface area (TPSA) is 12.0 Å². The first-order valence-corrected chi connectivity index (χ1v) is 8.46. The third-order valence-corrected chi connectivity index (χ3v) is 5.45. The molecule has 1 fully saturated rings. The summed E-state index contributed by atoms with van der Waals surface area (Å²) in [5.74, 6) is 1.58. The van der Waals surface area contributed by atoms with E-state index in [9.17, 15) is 0 Å². The molecule has 19 heavy (non-hydrogen) atoms. The predicted octanol–water partition coefficient (Wildman–Crippen LogP) is 5.58. The minimum Gasteiger partial charge on any atom is -0.313 e. The monoisotopic (exact) mass is 343 g/mol. The van der Waals surface area contributed by atoms with Crippen LogP contribution in [-0.4, -0.2) is 7.05 Å². The van der Waals surface area contributed by atoms with Gasteiger partial charge in [0.15, 0.2) is 0 Å². The van der Waals surface area contributed by atoms with Crippen molar-refractivity contribution in [1.82, 2.24) is 5.32 Å². The molecule has 3 unspecified atom stereocenters. The second kappa shape index (κ2) is 7.10. The van der Waals surface area contributed by atoms with Crippen molar-refractivity contribution < 1.29 is 0 Å². The van der Waals surface area contributed by atoms with Crippen molar-refractivity contribution in [3.63, 3.8) is 0 Å². The summed E-state index contributed by atoms with van der Waals surface area (Å²) in [7, 11) is 2.08. The van der Waals surface area contributed by atoms with Gasteiger partial charge in [0.2, 0.25) is 0 Å². The Balaban J connectivity index is 2.27. The van der Waals surface area contributed by atoms with Crippen molar-refractivity contribution in [2.45, 2.75) is 45.1 Å². The third-order valence-electron chi connectivity index (χ3n) is 4.53. The van der Waals surface area contributed by atoms with E-state index in [1.807, 2.05) is 12.1 Å². The van der Waals surface area contributed by atoms with E-state index in [0.29, 0.717) is 6.04 Å². The Bertz CT molecular complexity index is 421. The Kier molecular flexibility index (Phi) is 5.73. The SMILES string of the molecule is CCC1CCCCC1C(NC)c1ccc(Cl)cc1Br. The lowest BCUT2D eigenvalue weighted by molar-refractivity contribution is 0.180. The largest absolute Gasteiger partial charge is 0.313 e. The van der Waals surface area contributed by atoms with E-state index in [4.69, 9.17) is 11.6 Å². The quantitative estimate of drug-likeness (QED) is 0.752. The molecule has 1 aromatic rings. The van der Waals surface area contributed by atoms with Crippen molar-refractivity contribution >= 4 is 27.5 Å². The van der Waals surface area contributed by atoms with Crippen LogP contribution in [0.4, 0.5) is 0 Å². The molecule has 0 amide bonds. The Morgan fingerprint density at radius 3 is 2.74 bits per heavy atom. The average Bonchev–Trinajstić information content (AvgIpc) is 2.42. The maximum Gasteiger partial charge on any atom is 0.0417 e. The fraction of sp³-hybridized carbons (Fsp3) is 0.625. The highest BCUT2D eigenvalue weighted by Crippen LogP contribution is 2.42. The maximum absolute atomic E-state index is 6.06. The number of hydrogen-bond donors (Lipinski definition) is 1. The molecule has 1 aliphatic carbocycles. The van der Waals surface area contributed by atoms with Gasteiger partial charge in [-0.2, -0.15) is 0 Å². The zero-order valence-corrected chi connectivity index (χ0v) is 14.1. The zero-order valence-electron chi connectivity index (χ0n) is 11.8. The van der Waals surface area contributed by atoms with Crippen LogP contribution in [0.25, 0.3) is 0 Å². The lowest BCUT2D eigenvalue weighted by atomic mass is 9.72. The highest BCUT2D eigenvalue weighted by molar-refractivity contribution is 9.10. The molecule has 0 saturated heterocycles. The van der Waals surface area contributed by atoms with Crippen LogP contribution in [0.15, 0.2) is 22.7 Å². The van der Waals surface area contributed by atoms with Crippen LogP contribution in [0, 0.1) is 11.8 Å². The first-order chi connectivity index (χ1) is 9.17. The van der Waals surface area contributed by atoms with Crippen LogP contribution < -0.4 is 5.32 Å². The van der Waals surface area contributed by atoms with Crippen molar-refractivity contribution in [3.05, 3.63) is 33.3 Å². The van der Waals surface area contributed by atoms with Gasteiger partial charge in [0.1, 0.15) is 0 Å². The van der Waals surface area contributed by atoms with Gasteiger partial charge in [-0.05, 0) is 43.0 Å². The lowest BCUT2D eigenvalue weighted by Gasteiger charge is -2.37. The zero-order chi connectivity index (χ0) is 13.8. The molecule has 106 valence electrons. The molecular weight excluding hydrogens is 322 g/mol. The molecule has 1 aromatic carbocycles. The van der Waals surface area contributed by atoms with E-state index in [-0.39, 0.29) is 0 Å². The van der Waals surface area contributed by atoms with Gasteiger partial charge in [0, 0.05) is 15.5 Å². The predicted molar refractivity (Wildman–Crippen MR) is 86.7 cm³/mol. The van der Waals surface area contributed by atoms with Crippen molar-refractivity contribution in [3.8, 4) is 0 Å². The molecule has 0 aromatic heterocycles. The number of rotatable bonds is 4. The van der Waals surface area contributed by atoms with Gasteiger partial charge in [0.25, 0.3) is 0 Å². The Morgan fingerprint density at radius 2 is 2.11 bits per heavy atom. The van der Waals surface area contributed by atoms with Crippen LogP contribution in [-0.2, 0) is 0 Å². The highest BCUT2D eigenvalue weighted by Gasteiger charge is 2.31. The molecule has 3 atom stereocenters. The minimum absolute atomic E-state index is 0.428. The standard InChI is InChI=1S/C16H23BrClN/c1-3-11-6-4-5-7-13(11)16(19-2)14-9-8-12(18)10-15(14)17/h8-11,13,16,19H,3-7H2,1-2H3. The highest BCUT2D eigenvalue weighted by atomic mass is 79.9. The van der Waals surface area contributed by atoms with Gasteiger partial charge < -0.3 is 5.32 Å². The first-order valence-electron chi connectivity index (χ1n) is 7.29. The van der Waals surface area contributed by atoms with Crippen LogP contribution in [0.3, 0.4) is 0 Å². The first kappa shape index (κ1) is 15.3. The second-order valence-electron chi connectivity index (χ2n) is 5.55. The fourth-order valence-electron chi connectivity index (χ4n) is 3.54. The fourth-order valence-corrected chi connectivity index (χ4v) is 4.47. The van der Waals surface area contributed by atoms with Crippen molar-refractivity contribution in [2.75, 3.05) is 7.05 Å². The normalized spacial score (nSPS) is 25.3. The van der Waals surface area contributed by atoms with Gasteiger partial charge in [-0.15, -0.1) is 0 Å². The Labute approximate surface area is 130 Å². The summed E-state index contributed by atoms with van der Waals surface area (Å²) < 4.78 is 1.12. The molecule has 1 saturated carbocycles. The molecule has 0 heterocycles. The summed E-state index contributed by atoms with van der Waals surface area (Å²) in [6.45, 7) is 2.33. The van der Waals surface area contributed by atoms with Gasteiger partial charge in [-0.1, -0.05) is 66.2 Å². The van der Waals surface area contributed by atoms with E-state index >= 15 is 0 Å². The van der Waals surface area contributed by atoms with Crippen molar-refractivity contribution in [2.24, 2.45) is 11.8 Å². The molecule has 1 aliphatic rings. The summed E-state index contributed by atoms with van der Waals surface area (Å²) in [6, 6.07) is 6.59. The molecule has 3 heteroatoms. The summed E-state index contributed by atoms with van der Waals surface area (Å²) >= 11 is 9.73. The number of halogens is 2. The van der Waals surface area contributed by atoms with E-state index in [1.165, 1.54) is 37.7 Å². The summed E-state index contributed by atoms with van der Waals surface area (Å²) in [5.41, 5.74) is 1.34. The lowest BCUT2D eigenvalue weighted by Crippen LogP contribution is -2.32. The van der Waals surface area contributed by atoms with E-state index < -0.39 is 0 Å². The molecule has 0 bridgehead atoms. The number of nitrogens with one attached hydrogen (secondary N) is 1. The Morgan fingerprint density at radius 1 is 1.37 bits per heavy atom. The molecule has 0 spiro atoms. The van der Waals surface area contributed by atoms with Crippen LogP contribution in [0.2, 0.25) is 5.02 Å².